The highest BCUT2D eigenvalue weighted by atomic mass is 79.9. The maximum atomic E-state index is 11.9. The smallest absolute Gasteiger partial charge is 0.319 e. The fourth-order valence-electron chi connectivity index (χ4n) is 1.76. The van der Waals surface area contributed by atoms with Gasteiger partial charge in [0.25, 0.3) is 0 Å². The van der Waals surface area contributed by atoms with Gasteiger partial charge in [0.2, 0.25) is 0 Å². The second-order valence-electron chi connectivity index (χ2n) is 4.49. The lowest BCUT2D eigenvalue weighted by atomic mass is 10.2. The number of halogens is 1. The number of hydrogen-bond donors (Lipinski definition) is 3. The van der Waals surface area contributed by atoms with Crippen molar-refractivity contribution in [2.45, 2.75) is 13.5 Å². The van der Waals surface area contributed by atoms with Gasteiger partial charge in [0.1, 0.15) is 0 Å². The molecule has 0 saturated carbocycles. The Bertz CT molecular complexity index is 628. The minimum Gasteiger partial charge on any atom is -0.397 e. The molecule has 0 aliphatic heterocycles. The topological polar surface area (TPSA) is 67.1 Å². The molecule has 0 bridgehead atoms. The normalized spacial score (nSPS) is 10.1. The lowest BCUT2D eigenvalue weighted by molar-refractivity contribution is 0.251. The maximum Gasteiger partial charge on any atom is 0.319 e. The molecule has 0 aliphatic carbocycles. The molecule has 2 aromatic carbocycles. The van der Waals surface area contributed by atoms with E-state index in [1.165, 1.54) is 0 Å². The first-order chi connectivity index (χ1) is 9.56. The van der Waals surface area contributed by atoms with E-state index in [4.69, 9.17) is 5.73 Å². The van der Waals surface area contributed by atoms with Crippen LogP contribution in [0.15, 0.2) is 46.9 Å². The molecule has 0 heterocycles. The van der Waals surface area contributed by atoms with E-state index in [0.717, 1.165) is 15.6 Å². The van der Waals surface area contributed by atoms with Crippen LogP contribution in [0.5, 0.6) is 0 Å². The van der Waals surface area contributed by atoms with Gasteiger partial charge in [0.05, 0.1) is 11.4 Å². The fraction of sp³-hybridized carbons (Fsp3) is 0.133. The van der Waals surface area contributed by atoms with Crippen LogP contribution in [-0.2, 0) is 6.54 Å². The summed E-state index contributed by atoms with van der Waals surface area (Å²) in [6, 6.07) is 13.0. The summed E-state index contributed by atoms with van der Waals surface area (Å²) in [4.78, 5) is 11.9. The molecular formula is C15H16BrN3O. The highest BCUT2D eigenvalue weighted by Crippen LogP contribution is 2.19. The zero-order chi connectivity index (χ0) is 14.5. The summed E-state index contributed by atoms with van der Waals surface area (Å²) in [7, 11) is 0. The summed E-state index contributed by atoms with van der Waals surface area (Å²) in [5.41, 5.74) is 9.04. The number of urea groups is 1. The van der Waals surface area contributed by atoms with E-state index in [1.54, 1.807) is 6.07 Å². The first-order valence-corrected chi connectivity index (χ1v) is 7.00. The number of hydrogen-bond acceptors (Lipinski definition) is 2. The van der Waals surface area contributed by atoms with Crippen molar-refractivity contribution in [3.05, 3.63) is 58.1 Å². The number of carbonyl (C=O) groups is 1. The summed E-state index contributed by atoms with van der Waals surface area (Å²) in [5, 5.41) is 5.55. The number of nitrogen functional groups attached to an aromatic ring is 1. The van der Waals surface area contributed by atoms with Crippen LogP contribution in [0.3, 0.4) is 0 Å². The molecule has 0 saturated heterocycles. The standard InChI is InChI=1S/C15H16BrN3O/c1-10-6-7-13(17)14(8-10)19-15(20)18-9-11-4-2-3-5-12(11)16/h2-8H,9,17H2,1H3,(H2,18,19,20). The number of rotatable bonds is 3. The van der Waals surface area contributed by atoms with Gasteiger partial charge in [-0.05, 0) is 36.2 Å². The van der Waals surface area contributed by atoms with E-state index in [-0.39, 0.29) is 6.03 Å². The van der Waals surface area contributed by atoms with Crippen LogP contribution in [-0.4, -0.2) is 6.03 Å². The van der Waals surface area contributed by atoms with Crippen LogP contribution >= 0.6 is 15.9 Å². The average Bonchev–Trinajstić information content (AvgIpc) is 2.42. The van der Waals surface area contributed by atoms with Crippen LogP contribution in [0.25, 0.3) is 0 Å². The van der Waals surface area contributed by atoms with Gasteiger partial charge in [-0.25, -0.2) is 4.79 Å². The molecule has 20 heavy (non-hydrogen) atoms. The monoisotopic (exact) mass is 333 g/mol. The molecular weight excluding hydrogens is 318 g/mol. The number of benzene rings is 2. The van der Waals surface area contributed by atoms with Gasteiger partial charge in [-0.15, -0.1) is 0 Å². The molecule has 0 unspecified atom stereocenters. The average molecular weight is 334 g/mol. The Kier molecular flexibility index (Phi) is 4.63. The van der Waals surface area contributed by atoms with Crippen LogP contribution < -0.4 is 16.4 Å². The van der Waals surface area contributed by atoms with E-state index < -0.39 is 0 Å². The zero-order valence-electron chi connectivity index (χ0n) is 11.1. The van der Waals surface area contributed by atoms with Crippen molar-refractivity contribution in [2.24, 2.45) is 0 Å². The van der Waals surface area contributed by atoms with Gasteiger partial charge >= 0.3 is 6.03 Å². The number of nitrogens with one attached hydrogen (secondary N) is 2. The lowest BCUT2D eigenvalue weighted by Crippen LogP contribution is -2.28. The van der Waals surface area contributed by atoms with Crippen molar-refractivity contribution in [1.82, 2.24) is 5.32 Å². The summed E-state index contributed by atoms with van der Waals surface area (Å²) in [6.45, 7) is 2.39. The summed E-state index contributed by atoms with van der Waals surface area (Å²) in [6.07, 6.45) is 0. The number of aryl methyl sites for hydroxylation is 1. The van der Waals surface area contributed by atoms with Crippen molar-refractivity contribution in [3.8, 4) is 0 Å². The summed E-state index contributed by atoms with van der Waals surface area (Å²) >= 11 is 3.44. The molecule has 2 amide bonds. The molecule has 0 radical (unpaired) electrons. The molecule has 5 heteroatoms. The number of anilines is 2. The van der Waals surface area contributed by atoms with Gasteiger partial charge in [-0.3, -0.25) is 0 Å². The fourth-order valence-corrected chi connectivity index (χ4v) is 2.19. The van der Waals surface area contributed by atoms with E-state index in [2.05, 4.69) is 26.6 Å². The molecule has 4 nitrogen and oxygen atoms in total. The number of nitrogens with two attached hydrogens (primary N) is 1. The minimum atomic E-state index is -0.280. The van der Waals surface area contributed by atoms with Crippen LogP contribution in [0.1, 0.15) is 11.1 Å². The minimum absolute atomic E-state index is 0.280. The SMILES string of the molecule is Cc1ccc(N)c(NC(=O)NCc2ccccc2Br)c1. The quantitative estimate of drug-likeness (QED) is 0.750. The highest BCUT2D eigenvalue weighted by molar-refractivity contribution is 9.10. The van der Waals surface area contributed by atoms with Crippen molar-refractivity contribution in [3.63, 3.8) is 0 Å². The second kappa shape index (κ2) is 6.43. The third-order valence-electron chi connectivity index (χ3n) is 2.85. The van der Waals surface area contributed by atoms with Crippen molar-refractivity contribution in [2.75, 3.05) is 11.1 Å². The van der Waals surface area contributed by atoms with Gasteiger partial charge < -0.3 is 16.4 Å². The maximum absolute atomic E-state index is 11.9. The Labute approximate surface area is 126 Å². The molecule has 0 aliphatic rings. The van der Waals surface area contributed by atoms with Crippen molar-refractivity contribution >= 4 is 33.3 Å². The molecule has 4 N–H and O–H groups in total. The second-order valence-corrected chi connectivity index (χ2v) is 5.34. The summed E-state index contributed by atoms with van der Waals surface area (Å²) < 4.78 is 0.968. The Hall–Kier alpha value is -2.01. The van der Waals surface area contributed by atoms with Gasteiger partial charge in [-0.1, -0.05) is 40.2 Å². The molecule has 0 spiro atoms. The zero-order valence-corrected chi connectivity index (χ0v) is 12.7. The predicted octanol–water partition coefficient (Wildman–Crippen LogP) is 3.66. The van der Waals surface area contributed by atoms with Crippen molar-refractivity contribution < 1.29 is 4.79 Å². The highest BCUT2D eigenvalue weighted by Gasteiger charge is 2.06. The molecule has 0 atom stereocenters. The Balaban J connectivity index is 1.96. The van der Waals surface area contributed by atoms with E-state index in [1.807, 2.05) is 43.3 Å². The third kappa shape index (κ3) is 3.74. The Morgan fingerprint density at radius 3 is 2.75 bits per heavy atom. The molecule has 2 rings (SSSR count). The molecule has 0 fully saturated rings. The third-order valence-corrected chi connectivity index (χ3v) is 3.63. The summed E-state index contributed by atoms with van der Waals surface area (Å²) in [5.74, 6) is 0. The van der Waals surface area contributed by atoms with Crippen LogP contribution in [0.4, 0.5) is 16.2 Å². The van der Waals surface area contributed by atoms with Crippen molar-refractivity contribution in [1.29, 1.82) is 0 Å². The largest absolute Gasteiger partial charge is 0.397 e. The van der Waals surface area contributed by atoms with Crippen LogP contribution in [0.2, 0.25) is 0 Å². The lowest BCUT2D eigenvalue weighted by Gasteiger charge is -2.11. The van der Waals surface area contributed by atoms with Crippen LogP contribution in [0, 0.1) is 6.92 Å². The molecule has 0 aromatic heterocycles. The Morgan fingerprint density at radius 1 is 1.25 bits per heavy atom. The van der Waals surface area contributed by atoms with Gasteiger partial charge in [0, 0.05) is 11.0 Å². The van der Waals surface area contributed by atoms with E-state index in [0.29, 0.717) is 17.9 Å². The predicted molar refractivity (Wildman–Crippen MR) is 85.6 cm³/mol. The number of carbonyl (C=O) groups excluding carboxylic acids is 1. The number of amides is 2. The van der Waals surface area contributed by atoms with E-state index in [9.17, 15) is 4.79 Å². The first kappa shape index (κ1) is 14.4. The first-order valence-electron chi connectivity index (χ1n) is 6.20. The molecule has 104 valence electrons. The Morgan fingerprint density at radius 2 is 2.00 bits per heavy atom. The van der Waals surface area contributed by atoms with Gasteiger partial charge in [-0.2, -0.15) is 0 Å². The van der Waals surface area contributed by atoms with E-state index >= 15 is 0 Å². The molecule has 2 aromatic rings. The van der Waals surface area contributed by atoms with Gasteiger partial charge in [0.15, 0.2) is 0 Å².